The van der Waals surface area contributed by atoms with Gasteiger partial charge in [0, 0.05) is 29.5 Å². The molecule has 0 fully saturated rings. The summed E-state index contributed by atoms with van der Waals surface area (Å²) in [6.07, 6.45) is 5.40. The number of hydrogen-bond acceptors (Lipinski definition) is 3. The molecule has 0 aliphatic rings. The first-order chi connectivity index (χ1) is 12.7. The Kier molecular flexibility index (Phi) is 4.11. The van der Waals surface area contributed by atoms with Crippen LogP contribution in [0.3, 0.4) is 0 Å². The summed E-state index contributed by atoms with van der Waals surface area (Å²) in [4.78, 5) is 8.57. The summed E-state index contributed by atoms with van der Waals surface area (Å²) in [5.74, 6) is -0.473. The monoisotopic (exact) mass is 362 g/mol. The lowest BCUT2D eigenvalue weighted by atomic mass is 10.1. The van der Waals surface area contributed by atoms with E-state index in [2.05, 4.69) is 16.0 Å². The summed E-state index contributed by atoms with van der Waals surface area (Å²) >= 11 is 5.80. The minimum atomic E-state index is -0.473. The topological polar surface area (TPSA) is 54.5 Å². The molecular weight excluding hydrogens is 351 g/mol. The zero-order valence-corrected chi connectivity index (χ0v) is 14.3. The first-order valence-corrected chi connectivity index (χ1v) is 8.28. The zero-order chi connectivity index (χ0) is 18.1. The van der Waals surface area contributed by atoms with Crippen LogP contribution in [0.15, 0.2) is 61.1 Å². The Morgan fingerprint density at radius 3 is 2.81 bits per heavy atom. The van der Waals surface area contributed by atoms with Gasteiger partial charge in [-0.1, -0.05) is 23.7 Å². The number of aromatic nitrogens is 3. The second kappa shape index (κ2) is 6.58. The van der Waals surface area contributed by atoms with Crippen molar-refractivity contribution < 1.29 is 4.39 Å². The van der Waals surface area contributed by atoms with Gasteiger partial charge in [-0.15, -0.1) is 0 Å². The predicted octanol–water partition coefficient (Wildman–Crippen LogP) is 4.81. The van der Waals surface area contributed by atoms with Crippen molar-refractivity contribution in [2.75, 3.05) is 0 Å². The second-order valence-electron chi connectivity index (χ2n) is 5.84. The molecule has 0 N–H and O–H groups in total. The van der Waals surface area contributed by atoms with E-state index in [1.54, 1.807) is 24.5 Å². The number of pyridine rings is 2. The zero-order valence-electron chi connectivity index (χ0n) is 13.5. The van der Waals surface area contributed by atoms with Gasteiger partial charge in [0.25, 0.3) is 0 Å². The average molecular weight is 363 g/mol. The summed E-state index contributed by atoms with van der Waals surface area (Å²) in [5.41, 5.74) is 3.53. The number of fused-ring (bicyclic) bond motifs is 1. The molecule has 126 valence electrons. The minimum Gasteiger partial charge on any atom is -0.327 e. The van der Waals surface area contributed by atoms with Crippen molar-refractivity contribution in [3.8, 4) is 17.2 Å². The van der Waals surface area contributed by atoms with Gasteiger partial charge in [-0.25, -0.2) is 9.37 Å². The molecule has 0 spiro atoms. The van der Waals surface area contributed by atoms with E-state index in [1.165, 1.54) is 12.1 Å². The predicted molar refractivity (Wildman–Crippen MR) is 98.2 cm³/mol. The third-order valence-corrected chi connectivity index (χ3v) is 4.45. The lowest BCUT2D eigenvalue weighted by Crippen LogP contribution is -2.00. The number of halogens is 2. The van der Waals surface area contributed by atoms with Crippen molar-refractivity contribution in [1.29, 1.82) is 5.26 Å². The molecule has 0 saturated heterocycles. The van der Waals surface area contributed by atoms with Crippen LogP contribution in [0.2, 0.25) is 5.02 Å². The highest BCUT2D eigenvalue weighted by Gasteiger charge is 2.14. The highest BCUT2D eigenvalue weighted by molar-refractivity contribution is 6.30. The highest BCUT2D eigenvalue weighted by Crippen LogP contribution is 2.32. The molecule has 0 aliphatic carbocycles. The maximum atomic E-state index is 13.9. The van der Waals surface area contributed by atoms with Crippen LogP contribution >= 0.6 is 11.6 Å². The molecular formula is C20H12ClFN4. The Hall–Kier alpha value is -3.23. The molecule has 0 radical (unpaired) electrons. The van der Waals surface area contributed by atoms with Crippen molar-refractivity contribution in [2.24, 2.45) is 0 Å². The fourth-order valence-corrected chi connectivity index (χ4v) is 3.05. The Labute approximate surface area is 154 Å². The summed E-state index contributed by atoms with van der Waals surface area (Å²) in [7, 11) is 0. The third kappa shape index (κ3) is 2.92. The van der Waals surface area contributed by atoms with Gasteiger partial charge in [-0.3, -0.25) is 4.98 Å². The first-order valence-electron chi connectivity index (χ1n) is 7.90. The number of hydrogen-bond donors (Lipinski definition) is 0. The summed E-state index contributed by atoms with van der Waals surface area (Å²) in [5, 5.41) is 10.1. The molecule has 4 nitrogen and oxygen atoms in total. The Morgan fingerprint density at radius 1 is 1.19 bits per heavy atom. The highest BCUT2D eigenvalue weighted by atomic mass is 35.5. The lowest BCUT2D eigenvalue weighted by molar-refractivity contribution is 0.629. The Bertz CT molecular complexity index is 1150. The van der Waals surface area contributed by atoms with E-state index in [0.717, 1.165) is 16.5 Å². The molecule has 0 atom stereocenters. The van der Waals surface area contributed by atoms with Gasteiger partial charge in [-0.05, 0) is 41.5 Å². The lowest BCUT2D eigenvalue weighted by Gasteiger charge is -2.04. The van der Waals surface area contributed by atoms with Crippen LogP contribution in [0.25, 0.3) is 22.2 Å². The summed E-state index contributed by atoms with van der Waals surface area (Å²) in [6.45, 7) is 0.544. The fourth-order valence-electron chi connectivity index (χ4n) is 2.93. The summed E-state index contributed by atoms with van der Waals surface area (Å²) in [6, 6.07) is 14.1. The van der Waals surface area contributed by atoms with Crippen LogP contribution in [0, 0.1) is 17.1 Å². The van der Waals surface area contributed by atoms with Crippen molar-refractivity contribution in [3.05, 3.63) is 83.2 Å². The molecule has 26 heavy (non-hydrogen) atoms. The normalized spacial score (nSPS) is 10.8. The molecule has 1 aromatic carbocycles. The van der Waals surface area contributed by atoms with E-state index in [9.17, 15) is 9.65 Å². The van der Waals surface area contributed by atoms with E-state index < -0.39 is 5.82 Å². The van der Waals surface area contributed by atoms with Crippen LogP contribution in [-0.4, -0.2) is 14.5 Å². The quantitative estimate of drug-likeness (QED) is 0.525. The molecule has 0 unspecified atom stereocenters. The van der Waals surface area contributed by atoms with Crippen LogP contribution in [0.1, 0.15) is 11.3 Å². The van der Waals surface area contributed by atoms with E-state index in [-0.39, 0.29) is 5.02 Å². The van der Waals surface area contributed by atoms with Crippen LogP contribution in [-0.2, 0) is 6.54 Å². The van der Waals surface area contributed by atoms with Crippen LogP contribution in [0.5, 0.6) is 0 Å². The molecule has 0 amide bonds. The molecule has 0 saturated carbocycles. The van der Waals surface area contributed by atoms with E-state index >= 15 is 0 Å². The van der Waals surface area contributed by atoms with Crippen molar-refractivity contribution >= 4 is 22.6 Å². The van der Waals surface area contributed by atoms with Gasteiger partial charge >= 0.3 is 0 Å². The van der Waals surface area contributed by atoms with Crippen LogP contribution < -0.4 is 0 Å². The first kappa shape index (κ1) is 16.2. The molecule has 4 aromatic rings. The van der Waals surface area contributed by atoms with E-state index in [4.69, 9.17) is 11.6 Å². The number of nitrogens with zero attached hydrogens (tertiary/aromatic N) is 4. The van der Waals surface area contributed by atoms with Crippen molar-refractivity contribution in [2.45, 2.75) is 6.54 Å². The van der Waals surface area contributed by atoms with Gasteiger partial charge < -0.3 is 4.57 Å². The van der Waals surface area contributed by atoms with E-state index in [0.29, 0.717) is 23.4 Å². The fraction of sp³-hybridized carbons (Fsp3) is 0.0500. The Balaban J connectivity index is 1.91. The molecule has 3 heterocycles. The maximum Gasteiger partial charge on any atom is 0.142 e. The van der Waals surface area contributed by atoms with Crippen LogP contribution in [0.4, 0.5) is 4.39 Å². The smallest absolute Gasteiger partial charge is 0.142 e. The van der Waals surface area contributed by atoms with Crippen molar-refractivity contribution in [3.63, 3.8) is 0 Å². The standard InChI is InChI=1S/C20H12ClFN4/c21-18-6-3-14(8-19(18)22)17-12-26(11-13-2-1-7-24-10-13)20-16(17)5-4-15(9-23)25-20/h1-8,10,12H,11H2. The van der Waals surface area contributed by atoms with Gasteiger partial charge in [-0.2, -0.15) is 5.26 Å². The average Bonchev–Trinajstić information content (AvgIpc) is 3.02. The SMILES string of the molecule is N#Cc1ccc2c(-c3ccc(Cl)c(F)c3)cn(Cc3cccnc3)c2n1. The van der Waals surface area contributed by atoms with Gasteiger partial charge in [0.1, 0.15) is 23.2 Å². The van der Waals surface area contributed by atoms with Gasteiger partial charge in [0.05, 0.1) is 11.6 Å². The molecule has 4 rings (SSSR count). The molecule has 0 aliphatic heterocycles. The molecule has 3 aromatic heterocycles. The Morgan fingerprint density at radius 2 is 2.08 bits per heavy atom. The van der Waals surface area contributed by atoms with E-state index in [1.807, 2.05) is 29.0 Å². The number of benzene rings is 1. The second-order valence-corrected chi connectivity index (χ2v) is 6.25. The minimum absolute atomic E-state index is 0.0812. The number of nitriles is 1. The third-order valence-electron chi connectivity index (χ3n) is 4.14. The largest absolute Gasteiger partial charge is 0.327 e. The maximum absolute atomic E-state index is 13.9. The van der Waals surface area contributed by atoms with Gasteiger partial charge in [0.15, 0.2) is 0 Å². The van der Waals surface area contributed by atoms with Gasteiger partial charge in [0.2, 0.25) is 0 Å². The van der Waals surface area contributed by atoms with Crippen molar-refractivity contribution in [1.82, 2.24) is 14.5 Å². The molecule has 6 heteroatoms. The number of rotatable bonds is 3. The molecule has 0 bridgehead atoms. The summed E-state index contributed by atoms with van der Waals surface area (Å²) < 4.78 is 15.9.